The predicted octanol–water partition coefficient (Wildman–Crippen LogP) is 7.52. The molecule has 27 heteroatoms. The maximum Gasteiger partial charge on any atom is 0.409 e. The van der Waals surface area contributed by atoms with Crippen molar-refractivity contribution < 1.29 is 76.7 Å². The fraction of sp³-hybridized carbons (Fsp3) is 0.597. The summed E-state index contributed by atoms with van der Waals surface area (Å²) in [4.78, 5) is 122. The van der Waals surface area contributed by atoms with Gasteiger partial charge in [-0.3, -0.25) is 34.1 Å². The minimum Gasteiger partial charge on any atom is -0.495 e. The van der Waals surface area contributed by atoms with Crippen LogP contribution < -0.4 is 42.0 Å². The highest BCUT2D eigenvalue weighted by Crippen LogP contribution is 2.49. The summed E-state index contributed by atoms with van der Waals surface area (Å²) < 4.78 is 35.2. The molecule has 8 N–H and O–H groups in total. The van der Waals surface area contributed by atoms with Crippen LogP contribution >= 0.6 is 43.5 Å². The van der Waals surface area contributed by atoms with Crippen molar-refractivity contribution in [2.24, 2.45) is 17.6 Å². The van der Waals surface area contributed by atoms with Crippen LogP contribution in [-0.2, 0) is 58.9 Å². The van der Waals surface area contributed by atoms with E-state index in [1.165, 1.54) is 70.8 Å². The number of benzene rings is 2. The number of alkyl carbamates (subject to hydrolysis) is 1. The number of nitrogens with two attached hydrogens (primary N) is 1. The largest absolute Gasteiger partial charge is 0.495 e. The van der Waals surface area contributed by atoms with Gasteiger partial charge in [0.15, 0.2) is 5.72 Å². The van der Waals surface area contributed by atoms with Crippen LogP contribution in [0.5, 0.6) is 5.75 Å². The number of epoxide rings is 1. The second-order valence-electron chi connectivity index (χ2n) is 23.3. The SMILES string of the molecule is CCC.COc1cc2cc(c1Cl)N(C)C(=O)C[C@H](OC(=O)[C@H](C)N(C)C(=O)c1ccc(NC(=O)C(CCCNC(N)=O)NC(=O)CNC(=O)CCCCC(C)(C)OC(=O)C(CBr)CBr)cc1)[C@]1(C)OC1[C@H](C)C1C[C@@](O)(NC(=O)O1)[C@H](OC)/C=C/C=C(\C)C2. The number of amides is 8. The first-order chi connectivity index (χ1) is 41.9. The number of carbonyl (C=O) groups excluding carboxylic acids is 9. The van der Waals surface area contributed by atoms with Gasteiger partial charge in [-0.25, -0.2) is 14.4 Å². The molecule has 0 aromatic heterocycles. The summed E-state index contributed by atoms with van der Waals surface area (Å²) in [7, 11) is 5.77. The number of hydrogen-bond acceptors (Lipinski definition) is 16. The van der Waals surface area contributed by atoms with Crippen LogP contribution in [0.15, 0.2) is 60.2 Å². The van der Waals surface area contributed by atoms with Crippen LogP contribution in [0.3, 0.4) is 0 Å². The zero-order valence-corrected chi connectivity index (χ0v) is 56.8. The lowest BCUT2D eigenvalue weighted by atomic mass is 9.83. The third kappa shape index (κ3) is 22.0. The molecule has 89 heavy (non-hydrogen) atoms. The van der Waals surface area contributed by atoms with E-state index in [4.69, 9.17) is 45.8 Å². The van der Waals surface area contributed by atoms with Crippen LogP contribution in [0.1, 0.15) is 129 Å². The number of nitrogens with zero attached hydrogens (tertiary/aromatic N) is 2. The van der Waals surface area contributed by atoms with Gasteiger partial charge in [0, 0.05) is 68.4 Å². The van der Waals surface area contributed by atoms with E-state index < -0.39 is 120 Å². The number of anilines is 2. The average molecular weight is 1400 g/mol. The minimum atomic E-state index is -1.91. The molecule has 0 aliphatic carbocycles. The highest BCUT2D eigenvalue weighted by Gasteiger charge is 2.64. The van der Waals surface area contributed by atoms with Crippen LogP contribution in [0.4, 0.5) is 21.0 Å². The molecular weight excluding hydrogens is 1310 g/mol. The van der Waals surface area contributed by atoms with Gasteiger partial charge in [-0.05, 0) is 115 Å². The lowest BCUT2D eigenvalue weighted by Crippen LogP contribution is -2.63. The topological polar surface area (TPSA) is 325 Å². The Morgan fingerprint density at radius 3 is 2.28 bits per heavy atom. The van der Waals surface area contributed by atoms with E-state index in [0.29, 0.717) is 47.8 Å². The number of urea groups is 1. The monoisotopic (exact) mass is 1390 g/mol. The first kappa shape index (κ1) is 75.1. The van der Waals surface area contributed by atoms with Crippen molar-refractivity contribution in [3.8, 4) is 5.75 Å². The van der Waals surface area contributed by atoms with Crippen molar-refractivity contribution in [2.45, 2.75) is 173 Å². The summed E-state index contributed by atoms with van der Waals surface area (Å²) in [6.45, 7) is 14.3. The Morgan fingerprint density at radius 2 is 1.66 bits per heavy atom. The predicted molar refractivity (Wildman–Crippen MR) is 343 cm³/mol. The number of methoxy groups -OCH3 is 2. The molecule has 2 saturated heterocycles. The number of esters is 2. The van der Waals surface area contributed by atoms with Gasteiger partial charge in [0.2, 0.25) is 23.6 Å². The average Bonchev–Trinajstić information content (AvgIpc) is 1.59. The fourth-order valence-electron chi connectivity index (χ4n) is 10.0. The third-order valence-electron chi connectivity index (χ3n) is 15.4. The summed E-state index contributed by atoms with van der Waals surface area (Å²) in [5, 5.41) is 25.8. The smallest absolute Gasteiger partial charge is 0.409 e. The van der Waals surface area contributed by atoms with E-state index in [-0.39, 0.29) is 60.4 Å². The number of unbranched alkanes of at least 4 members (excludes halogenated alkanes) is 1. The number of halogens is 3. The van der Waals surface area contributed by atoms with Gasteiger partial charge < -0.3 is 70.3 Å². The maximum absolute atomic E-state index is 14.5. The highest BCUT2D eigenvalue weighted by atomic mass is 79.9. The van der Waals surface area contributed by atoms with E-state index in [1.54, 1.807) is 52.0 Å². The quantitative estimate of drug-likeness (QED) is 0.0176. The number of nitrogens with one attached hydrogen (secondary N) is 5. The molecule has 2 aromatic rings. The van der Waals surface area contributed by atoms with E-state index in [1.807, 2.05) is 13.0 Å². The van der Waals surface area contributed by atoms with Gasteiger partial charge >= 0.3 is 24.1 Å². The van der Waals surface area contributed by atoms with Gasteiger partial charge in [-0.2, -0.15) is 0 Å². The molecule has 9 atom stereocenters. The number of alkyl halides is 2. The van der Waals surface area contributed by atoms with Gasteiger partial charge in [-0.1, -0.05) is 94.5 Å². The number of likely N-dealkylation sites (N-methyl/N-ethyl adjacent to an activating group) is 1. The molecule has 24 nitrogen and oxygen atoms in total. The Kier molecular flexibility index (Phi) is 29.3. The van der Waals surface area contributed by atoms with E-state index in [9.17, 15) is 48.3 Å². The van der Waals surface area contributed by atoms with Crippen molar-refractivity contribution in [2.75, 3.05) is 62.3 Å². The molecule has 3 aliphatic rings. The lowest BCUT2D eigenvalue weighted by molar-refractivity contribution is -0.161. The van der Waals surface area contributed by atoms with Gasteiger partial charge in [0.1, 0.15) is 52.4 Å². The van der Waals surface area contributed by atoms with Crippen molar-refractivity contribution in [3.63, 3.8) is 0 Å². The second-order valence-corrected chi connectivity index (χ2v) is 25.0. The number of hydrogen-bond donors (Lipinski definition) is 7. The lowest BCUT2D eigenvalue weighted by Gasteiger charge is -2.42. The van der Waals surface area contributed by atoms with Gasteiger partial charge in [0.25, 0.3) is 5.91 Å². The second kappa shape index (κ2) is 34.8. The third-order valence-corrected chi connectivity index (χ3v) is 17.4. The number of aliphatic hydroxyl groups is 1. The maximum atomic E-state index is 14.5. The number of fused-ring (bicyclic) bond motifs is 5. The van der Waals surface area contributed by atoms with Gasteiger partial charge in [-0.15, -0.1) is 0 Å². The number of primary amides is 1. The zero-order chi connectivity index (χ0) is 66.6. The summed E-state index contributed by atoms with van der Waals surface area (Å²) >= 11 is 13.5. The molecule has 494 valence electrons. The Labute approximate surface area is 543 Å². The molecule has 3 aliphatic heterocycles. The zero-order valence-electron chi connectivity index (χ0n) is 52.9. The Bertz CT molecular complexity index is 2880. The van der Waals surface area contributed by atoms with Crippen LogP contribution in [0.2, 0.25) is 5.02 Å². The molecule has 0 spiro atoms. The fourth-order valence-corrected chi connectivity index (χ4v) is 11.9. The molecule has 2 aromatic carbocycles. The first-order valence-corrected chi connectivity index (χ1v) is 32.2. The summed E-state index contributed by atoms with van der Waals surface area (Å²) in [6, 6.07) is 6.09. The Hall–Kier alpha value is -6.32. The Morgan fingerprint density at radius 1 is 1.00 bits per heavy atom. The number of ether oxygens (including phenoxy) is 6. The molecule has 5 rings (SSSR count). The van der Waals surface area contributed by atoms with Crippen molar-refractivity contribution in [1.82, 2.24) is 26.2 Å². The van der Waals surface area contributed by atoms with E-state index in [0.717, 1.165) is 16.0 Å². The van der Waals surface area contributed by atoms with E-state index >= 15 is 0 Å². The number of allylic oxidation sites excluding steroid dienone is 3. The normalized spacial score (nSPS) is 23.4. The molecule has 3 unspecified atom stereocenters. The molecule has 4 bridgehead atoms. The van der Waals surface area contributed by atoms with Gasteiger partial charge in [0.05, 0.1) is 37.8 Å². The molecular formula is C62H89Br2ClN8O16. The summed E-state index contributed by atoms with van der Waals surface area (Å²) in [6.07, 6.45) is 3.25. The summed E-state index contributed by atoms with van der Waals surface area (Å²) in [5.41, 5.74) is 3.48. The van der Waals surface area contributed by atoms with Crippen molar-refractivity contribution in [3.05, 3.63) is 76.3 Å². The summed E-state index contributed by atoms with van der Waals surface area (Å²) in [5.74, 6) is -4.72. The molecule has 2 fully saturated rings. The van der Waals surface area contributed by atoms with E-state index in [2.05, 4.69) is 72.3 Å². The minimum absolute atomic E-state index is 0.0602. The highest BCUT2D eigenvalue weighted by molar-refractivity contribution is 9.09. The standard InChI is InChI=1S/C59H81Br2ClN8O16.C3H8/c1-33-15-13-17-44(82-10)59(80)29-43(83-56(79)68-59)34(2)50-58(6,85-50)45(28-48(73)70(8)41-26-36(25-33)27-42(81-9)49(41)62)84-53(76)35(3)69(7)52(75)37-19-21-39(22-20-37)66-51(74)40(16-14-24-64-55(63)78)67-47(72)32-65-46(71)18-11-12-23-57(4,5)86-54(77)38(30-60)31-61;1-3-2/h13,15,17,19-22,26-27,34-35,38,40,43-45,50,80H,11-12,14,16,18,23-25,28-32H2,1-10H3,(H,65,71)(H,66,74)(H,67,72)(H,68,79)(H3,63,64,78);3H2,1-2H3/b17-13+,33-15+;/t34-,35+,40?,43?,44-,45+,50?,58+,59+;/m1./s1. The number of carbonyl (C=O) groups is 9. The van der Waals surface area contributed by atoms with Crippen LogP contribution in [0.25, 0.3) is 0 Å². The Balaban J connectivity index is 0.00000552. The molecule has 0 radical (unpaired) electrons. The first-order valence-electron chi connectivity index (χ1n) is 29.6. The van der Waals surface area contributed by atoms with Crippen molar-refractivity contribution in [1.29, 1.82) is 0 Å². The number of rotatable bonds is 24. The van der Waals surface area contributed by atoms with Crippen molar-refractivity contribution >= 4 is 108 Å². The van der Waals surface area contributed by atoms with Crippen LogP contribution in [0, 0.1) is 11.8 Å². The molecule has 0 saturated carbocycles. The van der Waals surface area contributed by atoms with Crippen LogP contribution in [-0.4, -0.2) is 169 Å². The molecule has 8 amide bonds. The molecule has 3 heterocycles.